The van der Waals surface area contributed by atoms with Crippen molar-refractivity contribution < 1.29 is 4.92 Å². The zero-order chi connectivity index (χ0) is 14.1. The third-order valence-corrected chi connectivity index (χ3v) is 3.31. The molecule has 0 spiro atoms. The molecule has 2 atom stereocenters. The Labute approximate surface area is 115 Å². The van der Waals surface area contributed by atoms with Gasteiger partial charge in [-0.15, -0.1) is 6.58 Å². The molecule has 0 fully saturated rings. The van der Waals surface area contributed by atoms with Crippen molar-refractivity contribution in [2.75, 3.05) is 14.1 Å². The van der Waals surface area contributed by atoms with Crippen molar-refractivity contribution in [2.45, 2.75) is 32.2 Å². The van der Waals surface area contributed by atoms with E-state index in [4.69, 9.17) is 12.2 Å². The minimum atomic E-state index is -0.600. The zero-order valence-electron chi connectivity index (χ0n) is 11.3. The molecule has 0 aromatic rings. The van der Waals surface area contributed by atoms with Gasteiger partial charge in [-0.25, -0.2) is 0 Å². The monoisotopic (exact) mass is 270 g/mol. The van der Waals surface area contributed by atoms with Gasteiger partial charge in [-0.3, -0.25) is 10.1 Å². The summed E-state index contributed by atoms with van der Waals surface area (Å²) < 4.78 is 0. The van der Waals surface area contributed by atoms with Gasteiger partial charge in [0, 0.05) is 31.9 Å². The Morgan fingerprint density at radius 1 is 1.56 bits per heavy atom. The number of nitrogens with zero attached hydrogens (tertiary/aromatic N) is 2. The summed E-state index contributed by atoms with van der Waals surface area (Å²) in [6, 6.07) is -0.600. The van der Waals surface area contributed by atoms with Crippen LogP contribution in [-0.4, -0.2) is 34.9 Å². The zero-order valence-corrected chi connectivity index (χ0v) is 12.2. The normalized spacial score (nSPS) is 14.2. The molecular formula is C13H22N2O2S. The largest absolute Gasteiger partial charge is 0.372 e. The van der Waals surface area contributed by atoms with Gasteiger partial charge in [0.2, 0.25) is 6.04 Å². The van der Waals surface area contributed by atoms with Gasteiger partial charge >= 0.3 is 0 Å². The predicted octanol–water partition coefficient (Wildman–Crippen LogP) is 3.07. The van der Waals surface area contributed by atoms with Crippen LogP contribution in [0, 0.1) is 16.0 Å². The summed E-state index contributed by atoms with van der Waals surface area (Å²) in [5.41, 5.74) is 0. The Bertz CT molecular complexity index is 327. The molecule has 0 saturated heterocycles. The Morgan fingerprint density at radius 2 is 2.17 bits per heavy atom. The van der Waals surface area contributed by atoms with Crippen molar-refractivity contribution in [3.05, 3.63) is 34.9 Å². The highest BCUT2D eigenvalue weighted by molar-refractivity contribution is 7.80. The van der Waals surface area contributed by atoms with Gasteiger partial charge in [0.25, 0.3) is 0 Å². The van der Waals surface area contributed by atoms with E-state index in [1.54, 1.807) is 6.08 Å². The quantitative estimate of drug-likeness (QED) is 0.294. The Kier molecular flexibility index (Phi) is 8.20. The summed E-state index contributed by atoms with van der Waals surface area (Å²) in [7, 11) is 3.72. The second-order valence-electron chi connectivity index (χ2n) is 4.40. The summed E-state index contributed by atoms with van der Waals surface area (Å²) in [5, 5.41) is 11.2. The molecule has 0 radical (unpaired) electrons. The van der Waals surface area contributed by atoms with Crippen LogP contribution in [0.1, 0.15) is 26.2 Å². The van der Waals surface area contributed by atoms with E-state index >= 15 is 0 Å². The van der Waals surface area contributed by atoms with E-state index in [1.807, 2.05) is 38.1 Å². The third-order valence-electron chi connectivity index (χ3n) is 2.78. The molecule has 18 heavy (non-hydrogen) atoms. The molecule has 0 aromatic carbocycles. The fourth-order valence-electron chi connectivity index (χ4n) is 1.73. The van der Waals surface area contributed by atoms with E-state index in [0.717, 1.165) is 4.99 Å². The first kappa shape index (κ1) is 16.8. The van der Waals surface area contributed by atoms with Crippen LogP contribution in [0.3, 0.4) is 0 Å². The average Bonchev–Trinajstić information content (AvgIpc) is 2.28. The molecule has 102 valence electrons. The third kappa shape index (κ3) is 5.91. The number of hydrogen-bond acceptors (Lipinski definition) is 3. The van der Waals surface area contributed by atoms with Crippen LogP contribution in [0.2, 0.25) is 0 Å². The molecule has 0 aliphatic rings. The second kappa shape index (κ2) is 8.80. The van der Waals surface area contributed by atoms with E-state index < -0.39 is 6.04 Å². The smallest absolute Gasteiger partial charge is 0.220 e. The van der Waals surface area contributed by atoms with Gasteiger partial charge in [0.05, 0.1) is 10.9 Å². The molecule has 0 aromatic heterocycles. The van der Waals surface area contributed by atoms with Crippen molar-refractivity contribution in [3.8, 4) is 0 Å². The van der Waals surface area contributed by atoms with Gasteiger partial charge in [-0.05, 0) is 13.3 Å². The van der Waals surface area contributed by atoms with Crippen LogP contribution in [0.25, 0.3) is 0 Å². The Morgan fingerprint density at radius 3 is 2.56 bits per heavy atom. The minimum Gasteiger partial charge on any atom is -0.372 e. The molecule has 0 unspecified atom stereocenters. The lowest BCUT2D eigenvalue weighted by atomic mass is 9.92. The highest BCUT2D eigenvalue weighted by Crippen LogP contribution is 2.20. The van der Waals surface area contributed by atoms with Crippen LogP contribution in [0.15, 0.2) is 24.8 Å². The van der Waals surface area contributed by atoms with Gasteiger partial charge in [0.1, 0.15) is 0 Å². The fraction of sp³-hybridized carbons (Fsp3) is 0.615. The van der Waals surface area contributed by atoms with E-state index in [2.05, 4.69) is 6.58 Å². The number of hydrogen-bond donors (Lipinski definition) is 0. The lowest BCUT2D eigenvalue weighted by molar-refractivity contribution is -0.530. The van der Waals surface area contributed by atoms with Crippen LogP contribution < -0.4 is 0 Å². The van der Waals surface area contributed by atoms with Crippen molar-refractivity contribution in [2.24, 2.45) is 5.92 Å². The molecule has 0 N–H and O–H groups in total. The highest BCUT2D eigenvalue weighted by Gasteiger charge is 2.29. The molecule has 0 bridgehead atoms. The number of allylic oxidation sites excluding steroid dienone is 2. The van der Waals surface area contributed by atoms with Gasteiger partial charge < -0.3 is 4.90 Å². The minimum absolute atomic E-state index is 0.153. The van der Waals surface area contributed by atoms with Crippen LogP contribution >= 0.6 is 12.2 Å². The number of rotatable bonds is 8. The number of thiocarbonyl (C=S) groups is 1. The average molecular weight is 270 g/mol. The maximum absolute atomic E-state index is 11.2. The van der Waals surface area contributed by atoms with Gasteiger partial charge in [0.15, 0.2) is 0 Å². The maximum atomic E-state index is 11.2. The van der Waals surface area contributed by atoms with E-state index in [-0.39, 0.29) is 10.8 Å². The Hall–Kier alpha value is -1.23. The standard InChI is InChI=1S/C13H22N2O2S/c1-5-7-9-12(15(16)17)11(8-6-2)10-13(18)14(3)4/h5-6,8,11-12H,1,7,9-10H2,2-4H3/b8-6+/t11-,12+/m0/s1. The first-order valence-corrected chi connectivity index (χ1v) is 6.42. The summed E-state index contributed by atoms with van der Waals surface area (Å²) in [6.45, 7) is 5.48. The lowest BCUT2D eigenvalue weighted by Gasteiger charge is -2.21. The van der Waals surface area contributed by atoms with E-state index in [0.29, 0.717) is 19.3 Å². The lowest BCUT2D eigenvalue weighted by Crippen LogP contribution is -2.32. The molecular weight excluding hydrogens is 248 g/mol. The van der Waals surface area contributed by atoms with Crippen molar-refractivity contribution in [1.82, 2.24) is 4.90 Å². The predicted molar refractivity (Wildman–Crippen MR) is 79.4 cm³/mol. The van der Waals surface area contributed by atoms with Crippen LogP contribution in [0.4, 0.5) is 0 Å². The van der Waals surface area contributed by atoms with E-state index in [9.17, 15) is 10.1 Å². The summed E-state index contributed by atoms with van der Waals surface area (Å²) in [4.78, 5) is 13.5. The van der Waals surface area contributed by atoms with Gasteiger partial charge in [-0.2, -0.15) is 0 Å². The molecule has 0 aliphatic heterocycles. The van der Waals surface area contributed by atoms with Crippen LogP contribution in [-0.2, 0) is 0 Å². The topological polar surface area (TPSA) is 46.4 Å². The van der Waals surface area contributed by atoms with Crippen molar-refractivity contribution >= 4 is 17.2 Å². The molecule has 4 nitrogen and oxygen atoms in total. The molecule has 5 heteroatoms. The first-order valence-electron chi connectivity index (χ1n) is 6.01. The van der Waals surface area contributed by atoms with Gasteiger partial charge in [-0.1, -0.05) is 30.4 Å². The van der Waals surface area contributed by atoms with Crippen LogP contribution in [0.5, 0.6) is 0 Å². The molecule has 0 amide bonds. The fourth-order valence-corrected chi connectivity index (χ4v) is 1.92. The SMILES string of the molecule is C=CCC[C@H]([C@@H](/C=C/C)CC(=S)N(C)C)[N+](=O)[O-]. The first-order chi connectivity index (χ1) is 8.43. The van der Waals surface area contributed by atoms with Crippen molar-refractivity contribution in [1.29, 1.82) is 0 Å². The summed E-state index contributed by atoms with van der Waals surface area (Å²) in [6.07, 6.45) is 7.14. The highest BCUT2D eigenvalue weighted by atomic mass is 32.1. The molecule has 0 rings (SSSR count). The molecule has 0 aliphatic carbocycles. The summed E-state index contributed by atoms with van der Waals surface area (Å²) in [5.74, 6) is -0.153. The number of nitro groups is 1. The van der Waals surface area contributed by atoms with E-state index in [1.165, 1.54) is 0 Å². The maximum Gasteiger partial charge on any atom is 0.220 e. The second-order valence-corrected chi connectivity index (χ2v) is 4.87. The summed E-state index contributed by atoms with van der Waals surface area (Å²) >= 11 is 5.24. The molecule has 0 heterocycles. The molecule has 0 saturated carbocycles. The Balaban J connectivity index is 4.85. The van der Waals surface area contributed by atoms with Crippen molar-refractivity contribution in [3.63, 3.8) is 0 Å².